The van der Waals surface area contributed by atoms with Gasteiger partial charge in [-0.2, -0.15) is 0 Å². The summed E-state index contributed by atoms with van der Waals surface area (Å²) < 4.78 is 5.25. The van der Waals surface area contributed by atoms with Crippen LogP contribution in [0, 0.1) is 10.1 Å². The fourth-order valence-corrected chi connectivity index (χ4v) is 2.01. The lowest BCUT2D eigenvalue weighted by Crippen LogP contribution is -2.15. The minimum Gasteiger partial charge on any atom is -0.377 e. The third-order valence-corrected chi connectivity index (χ3v) is 3.11. The van der Waals surface area contributed by atoms with E-state index < -0.39 is 0 Å². The van der Waals surface area contributed by atoms with Crippen LogP contribution in [0.4, 0.5) is 0 Å². The summed E-state index contributed by atoms with van der Waals surface area (Å²) in [4.78, 5) is 9.71. The van der Waals surface area contributed by atoms with Gasteiger partial charge >= 0.3 is 0 Å². The normalized spacial score (nSPS) is 30.6. The number of hydrogen-bond donors (Lipinski definition) is 0. The van der Waals surface area contributed by atoms with Crippen LogP contribution in [-0.2, 0) is 4.74 Å². The Morgan fingerprint density at radius 2 is 2.55 bits per heavy atom. The van der Waals surface area contributed by atoms with Crippen LogP contribution in [0.1, 0.15) is 13.3 Å². The Morgan fingerprint density at radius 1 is 1.82 bits per heavy atom. The molecule has 2 unspecified atom stereocenters. The Morgan fingerprint density at radius 3 is 3.00 bits per heavy atom. The second kappa shape index (κ2) is 3.92. The molecule has 11 heavy (non-hydrogen) atoms. The molecule has 0 spiro atoms. The van der Waals surface area contributed by atoms with Gasteiger partial charge in [0.1, 0.15) is 0 Å². The molecule has 4 nitrogen and oxygen atoms in total. The van der Waals surface area contributed by atoms with Crippen molar-refractivity contribution in [3.8, 4) is 0 Å². The van der Waals surface area contributed by atoms with Gasteiger partial charge < -0.3 is 4.74 Å². The number of rotatable bonds is 3. The first kappa shape index (κ1) is 8.80. The molecular weight excluding hydrogens is 166 g/mol. The van der Waals surface area contributed by atoms with E-state index in [9.17, 15) is 10.1 Å². The van der Waals surface area contributed by atoms with Crippen LogP contribution in [0.5, 0.6) is 0 Å². The van der Waals surface area contributed by atoms with E-state index in [1.54, 1.807) is 0 Å². The second-order valence-electron chi connectivity index (χ2n) is 2.53. The quantitative estimate of drug-likeness (QED) is 0.368. The first-order valence-corrected chi connectivity index (χ1v) is 4.60. The van der Waals surface area contributed by atoms with Gasteiger partial charge in [0, 0.05) is 16.8 Å². The van der Waals surface area contributed by atoms with E-state index in [0.717, 1.165) is 13.0 Å². The number of hydrogen-bond acceptors (Lipinski definition) is 4. The molecule has 0 radical (unpaired) electrons. The monoisotopic (exact) mass is 177 g/mol. The standard InChI is InChI=1S/C6H11NO3S/c1-5-6(2-3-10-5)11-4-7(8)9/h5-6H,2-4H2,1H3. The van der Waals surface area contributed by atoms with Gasteiger partial charge in [-0.1, -0.05) is 11.8 Å². The van der Waals surface area contributed by atoms with Gasteiger partial charge in [-0.15, -0.1) is 0 Å². The molecule has 5 heteroatoms. The summed E-state index contributed by atoms with van der Waals surface area (Å²) >= 11 is 1.38. The highest BCUT2D eigenvalue weighted by Gasteiger charge is 2.25. The number of ether oxygens (including phenoxy) is 1. The lowest BCUT2D eigenvalue weighted by molar-refractivity contribution is -0.456. The molecule has 1 fully saturated rings. The van der Waals surface area contributed by atoms with E-state index in [1.165, 1.54) is 11.8 Å². The smallest absolute Gasteiger partial charge is 0.249 e. The Labute approximate surface area is 69.4 Å². The van der Waals surface area contributed by atoms with Crippen molar-refractivity contribution in [3.05, 3.63) is 10.1 Å². The average Bonchev–Trinajstić information content (AvgIpc) is 2.31. The molecular formula is C6H11NO3S. The van der Waals surface area contributed by atoms with Crippen molar-refractivity contribution < 1.29 is 9.66 Å². The Kier molecular flexibility index (Phi) is 3.14. The maximum atomic E-state index is 10.0. The first-order chi connectivity index (χ1) is 5.20. The molecule has 0 aliphatic carbocycles. The van der Waals surface area contributed by atoms with E-state index >= 15 is 0 Å². The van der Waals surface area contributed by atoms with Crippen LogP contribution in [0.2, 0.25) is 0 Å². The predicted molar refractivity (Wildman–Crippen MR) is 43.3 cm³/mol. The zero-order valence-electron chi connectivity index (χ0n) is 6.36. The van der Waals surface area contributed by atoms with Crippen LogP contribution in [0.3, 0.4) is 0 Å². The van der Waals surface area contributed by atoms with Crippen LogP contribution >= 0.6 is 11.8 Å². The molecule has 1 rings (SSSR count). The molecule has 0 saturated carbocycles. The van der Waals surface area contributed by atoms with Gasteiger partial charge in [-0.3, -0.25) is 10.1 Å². The summed E-state index contributed by atoms with van der Waals surface area (Å²) in [5.74, 6) is -0.00162. The van der Waals surface area contributed by atoms with Crippen molar-refractivity contribution in [2.45, 2.75) is 24.7 Å². The molecule has 1 heterocycles. The van der Waals surface area contributed by atoms with Gasteiger partial charge in [-0.25, -0.2) is 0 Å². The highest BCUT2D eigenvalue weighted by atomic mass is 32.2. The van der Waals surface area contributed by atoms with Gasteiger partial charge in [0.15, 0.2) is 0 Å². The first-order valence-electron chi connectivity index (χ1n) is 3.55. The molecule has 1 aliphatic heterocycles. The van der Waals surface area contributed by atoms with Crippen molar-refractivity contribution in [2.75, 3.05) is 12.5 Å². The fraction of sp³-hybridized carbons (Fsp3) is 1.00. The Hall–Kier alpha value is -0.290. The van der Waals surface area contributed by atoms with Crippen molar-refractivity contribution >= 4 is 11.8 Å². The molecule has 0 aromatic heterocycles. The molecule has 0 aromatic carbocycles. The zero-order valence-corrected chi connectivity index (χ0v) is 7.17. The van der Waals surface area contributed by atoms with Gasteiger partial charge in [0.25, 0.3) is 0 Å². The van der Waals surface area contributed by atoms with Gasteiger partial charge in [-0.05, 0) is 13.3 Å². The van der Waals surface area contributed by atoms with Gasteiger partial charge in [0.2, 0.25) is 5.88 Å². The van der Waals surface area contributed by atoms with Crippen LogP contribution in [0.25, 0.3) is 0 Å². The summed E-state index contributed by atoms with van der Waals surface area (Å²) in [6, 6.07) is 0. The number of nitro groups is 1. The molecule has 64 valence electrons. The summed E-state index contributed by atoms with van der Waals surface area (Å²) in [5.41, 5.74) is 0. The van der Waals surface area contributed by atoms with Crippen molar-refractivity contribution in [2.24, 2.45) is 0 Å². The fourth-order valence-electron chi connectivity index (χ4n) is 1.09. The van der Waals surface area contributed by atoms with E-state index in [1.807, 2.05) is 6.92 Å². The lowest BCUT2D eigenvalue weighted by Gasteiger charge is -2.09. The zero-order chi connectivity index (χ0) is 8.27. The lowest BCUT2D eigenvalue weighted by atomic mass is 10.3. The average molecular weight is 177 g/mol. The minimum absolute atomic E-state index is 0.00162. The Bertz CT molecular complexity index is 153. The number of thioether (sulfide) groups is 1. The van der Waals surface area contributed by atoms with E-state index in [0.29, 0.717) is 5.25 Å². The maximum Gasteiger partial charge on any atom is 0.249 e. The highest BCUT2D eigenvalue weighted by Crippen LogP contribution is 2.25. The summed E-state index contributed by atoms with van der Waals surface area (Å²) in [6.07, 6.45) is 1.12. The van der Waals surface area contributed by atoms with E-state index in [4.69, 9.17) is 4.74 Å². The highest BCUT2D eigenvalue weighted by molar-refractivity contribution is 7.99. The van der Waals surface area contributed by atoms with E-state index in [-0.39, 0.29) is 16.9 Å². The molecule has 0 N–H and O–H groups in total. The van der Waals surface area contributed by atoms with Crippen molar-refractivity contribution in [3.63, 3.8) is 0 Å². The van der Waals surface area contributed by atoms with Crippen molar-refractivity contribution in [1.29, 1.82) is 0 Å². The second-order valence-corrected chi connectivity index (χ2v) is 3.73. The SMILES string of the molecule is CC1OCCC1SC[N+](=O)[O-]. The molecule has 2 atom stereocenters. The van der Waals surface area contributed by atoms with Gasteiger partial charge in [0.05, 0.1) is 6.10 Å². The molecule has 1 aliphatic rings. The maximum absolute atomic E-state index is 10.0. The third kappa shape index (κ3) is 2.67. The third-order valence-electron chi connectivity index (χ3n) is 1.70. The molecule has 0 amide bonds. The predicted octanol–water partition coefficient (Wildman–Crippen LogP) is 1.13. The van der Waals surface area contributed by atoms with E-state index in [2.05, 4.69) is 0 Å². The summed E-state index contributed by atoms with van der Waals surface area (Å²) in [7, 11) is 0. The largest absolute Gasteiger partial charge is 0.377 e. The minimum atomic E-state index is -0.296. The van der Waals surface area contributed by atoms with Crippen LogP contribution in [-0.4, -0.2) is 28.8 Å². The van der Waals surface area contributed by atoms with Crippen molar-refractivity contribution in [1.82, 2.24) is 0 Å². The Balaban J connectivity index is 2.20. The number of nitrogens with zero attached hydrogens (tertiary/aromatic N) is 1. The summed E-state index contributed by atoms with van der Waals surface area (Å²) in [5, 5.41) is 10.3. The topological polar surface area (TPSA) is 52.4 Å². The van der Waals surface area contributed by atoms with Crippen LogP contribution < -0.4 is 0 Å². The molecule has 0 aromatic rings. The molecule has 1 saturated heterocycles. The van der Waals surface area contributed by atoms with Crippen LogP contribution in [0.15, 0.2) is 0 Å². The molecule has 0 bridgehead atoms. The summed E-state index contributed by atoms with van der Waals surface area (Å²) in [6.45, 7) is 2.71.